The van der Waals surface area contributed by atoms with Crippen molar-refractivity contribution >= 4 is 6.03 Å². The lowest BCUT2D eigenvalue weighted by atomic mass is 10.1. The molecule has 7 nitrogen and oxygen atoms in total. The Morgan fingerprint density at radius 2 is 2.04 bits per heavy atom. The van der Waals surface area contributed by atoms with Crippen LogP contribution in [0.5, 0.6) is 0 Å². The van der Waals surface area contributed by atoms with E-state index in [1.54, 1.807) is 35.4 Å². The Labute approximate surface area is 146 Å². The molecule has 7 heteroatoms. The van der Waals surface area contributed by atoms with Crippen LogP contribution in [0, 0.1) is 0 Å². The maximum Gasteiger partial charge on any atom is 0.317 e. The molecule has 0 bridgehead atoms. The van der Waals surface area contributed by atoms with Gasteiger partial charge in [0.1, 0.15) is 12.7 Å². The van der Waals surface area contributed by atoms with Crippen molar-refractivity contribution in [2.45, 2.75) is 19.5 Å². The van der Waals surface area contributed by atoms with Crippen molar-refractivity contribution in [3.8, 4) is 5.69 Å². The number of nitrogens with zero attached hydrogens (tertiary/aromatic N) is 5. The van der Waals surface area contributed by atoms with Crippen LogP contribution in [-0.4, -0.2) is 37.7 Å². The summed E-state index contributed by atoms with van der Waals surface area (Å²) < 4.78 is 1.69. The molecule has 2 heterocycles. The fraction of sp³-hybridized carbons (Fsp3) is 0.222. The van der Waals surface area contributed by atoms with Crippen LogP contribution in [0.15, 0.2) is 61.4 Å². The molecule has 2 amide bonds. The number of carbonyl (C=O) groups excluding carboxylic acids is 1. The maximum absolute atomic E-state index is 12.4. The topological polar surface area (TPSA) is 75.9 Å². The second kappa shape index (κ2) is 7.57. The lowest BCUT2D eigenvalue weighted by molar-refractivity contribution is 0.194. The number of urea groups is 1. The number of hydrogen-bond donors (Lipinski definition) is 1. The SMILES string of the molecule is CC(c1ccc(-n2cncn2)cc1)N(C)C(=O)NCc1cccnc1. The minimum Gasteiger partial charge on any atom is -0.334 e. The van der Waals surface area contributed by atoms with E-state index in [1.807, 2.05) is 43.3 Å². The van der Waals surface area contributed by atoms with Gasteiger partial charge < -0.3 is 10.2 Å². The van der Waals surface area contributed by atoms with Gasteiger partial charge in [0.15, 0.2) is 0 Å². The van der Waals surface area contributed by atoms with Gasteiger partial charge in [-0.25, -0.2) is 14.5 Å². The molecule has 1 unspecified atom stereocenters. The number of rotatable bonds is 5. The van der Waals surface area contributed by atoms with Crippen LogP contribution in [0.25, 0.3) is 5.69 Å². The molecule has 3 aromatic rings. The standard InChI is InChI=1S/C18H20N6O/c1-14(16-5-7-17(8-6-16)24-13-20-12-22-24)23(2)18(25)21-11-15-4-3-9-19-10-15/h3-10,12-14H,11H2,1-2H3,(H,21,25). The Hall–Kier alpha value is -3.22. The van der Waals surface area contributed by atoms with Crippen LogP contribution in [-0.2, 0) is 6.54 Å². The van der Waals surface area contributed by atoms with E-state index in [2.05, 4.69) is 20.4 Å². The molecule has 0 saturated heterocycles. The first-order valence-electron chi connectivity index (χ1n) is 7.99. The molecule has 0 radical (unpaired) electrons. The molecular formula is C18H20N6O. The number of nitrogens with one attached hydrogen (secondary N) is 1. The van der Waals surface area contributed by atoms with Crippen molar-refractivity contribution in [1.82, 2.24) is 30.0 Å². The number of pyridine rings is 1. The predicted molar refractivity (Wildman–Crippen MR) is 94.0 cm³/mol. The molecule has 128 valence electrons. The molecule has 1 N–H and O–H groups in total. The Bertz CT molecular complexity index is 801. The first kappa shape index (κ1) is 16.6. The summed E-state index contributed by atoms with van der Waals surface area (Å²) in [7, 11) is 1.79. The molecule has 0 aliphatic heterocycles. The summed E-state index contributed by atoms with van der Waals surface area (Å²) in [4.78, 5) is 22.0. The summed E-state index contributed by atoms with van der Waals surface area (Å²) >= 11 is 0. The van der Waals surface area contributed by atoms with Gasteiger partial charge in [-0.3, -0.25) is 4.98 Å². The highest BCUT2D eigenvalue weighted by molar-refractivity contribution is 5.74. The van der Waals surface area contributed by atoms with Crippen LogP contribution in [0.4, 0.5) is 4.79 Å². The maximum atomic E-state index is 12.4. The Balaban J connectivity index is 1.61. The van der Waals surface area contributed by atoms with Gasteiger partial charge in [0.25, 0.3) is 0 Å². The average Bonchev–Trinajstić information content (AvgIpc) is 3.20. The average molecular weight is 336 g/mol. The first-order chi connectivity index (χ1) is 12.1. The number of aromatic nitrogens is 4. The number of hydrogen-bond acceptors (Lipinski definition) is 4. The third-order valence-electron chi connectivity index (χ3n) is 4.13. The quantitative estimate of drug-likeness (QED) is 0.777. The van der Waals surface area contributed by atoms with Crippen molar-refractivity contribution in [1.29, 1.82) is 0 Å². The summed E-state index contributed by atoms with van der Waals surface area (Å²) in [6, 6.07) is 11.5. The van der Waals surface area contributed by atoms with Crippen LogP contribution < -0.4 is 5.32 Å². The molecule has 25 heavy (non-hydrogen) atoms. The molecular weight excluding hydrogens is 316 g/mol. The van der Waals surface area contributed by atoms with E-state index in [4.69, 9.17) is 0 Å². The number of carbonyl (C=O) groups is 1. The van der Waals surface area contributed by atoms with Crippen molar-refractivity contribution in [2.24, 2.45) is 0 Å². The molecule has 1 aromatic carbocycles. The van der Waals surface area contributed by atoms with Crippen LogP contribution in [0.2, 0.25) is 0 Å². The summed E-state index contributed by atoms with van der Waals surface area (Å²) in [6.07, 6.45) is 6.60. The minimum absolute atomic E-state index is 0.0568. The number of benzene rings is 1. The summed E-state index contributed by atoms with van der Waals surface area (Å²) in [5.41, 5.74) is 2.94. The highest BCUT2D eigenvalue weighted by Crippen LogP contribution is 2.20. The zero-order valence-electron chi connectivity index (χ0n) is 14.2. The fourth-order valence-electron chi connectivity index (χ4n) is 2.45. The largest absolute Gasteiger partial charge is 0.334 e. The van der Waals surface area contributed by atoms with Crippen molar-refractivity contribution < 1.29 is 4.79 Å². The Morgan fingerprint density at radius 1 is 1.24 bits per heavy atom. The van der Waals surface area contributed by atoms with E-state index >= 15 is 0 Å². The van der Waals surface area contributed by atoms with E-state index in [9.17, 15) is 4.79 Å². The van der Waals surface area contributed by atoms with Gasteiger partial charge in [-0.05, 0) is 36.2 Å². The molecule has 0 fully saturated rings. The summed E-state index contributed by atoms with van der Waals surface area (Å²) in [5, 5.41) is 7.01. The molecule has 2 aromatic heterocycles. The lowest BCUT2D eigenvalue weighted by Gasteiger charge is -2.25. The Morgan fingerprint density at radius 3 is 2.68 bits per heavy atom. The highest BCUT2D eigenvalue weighted by Gasteiger charge is 2.17. The molecule has 0 saturated carbocycles. The van der Waals surface area contributed by atoms with Gasteiger partial charge in [-0.15, -0.1) is 0 Å². The van der Waals surface area contributed by atoms with Gasteiger partial charge in [0, 0.05) is 26.0 Å². The molecule has 3 rings (SSSR count). The van der Waals surface area contributed by atoms with Gasteiger partial charge in [0.05, 0.1) is 11.7 Å². The van der Waals surface area contributed by atoms with Crippen LogP contribution in [0.1, 0.15) is 24.1 Å². The van der Waals surface area contributed by atoms with Crippen molar-refractivity contribution in [3.63, 3.8) is 0 Å². The Kier molecular flexibility index (Phi) is 5.03. The van der Waals surface area contributed by atoms with E-state index in [-0.39, 0.29) is 12.1 Å². The fourth-order valence-corrected chi connectivity index (χ4v) is 2.45. The van der Waals surface area contributed by atoms with Crippen LogP contribution >= 0.6 is 0 Å². The monoisotopic (exact) mass is 336 g/mol. The highest BCUT2D eigenvalue weighted by atomic mass is 16.2. The third kappa shape index (κ3) is 4.00. The summed E-state index contributed by atoms with van der Waals surface area (Å²) in [6.45, 7) is 2.45. The first-order valence-corrected chi connectivity index (χ1v) is 7.99. The lowest BCUT2D eigenvalue weighted by Crippen LogP contribution is -2.38. The van der Waals surface area contributed by atoms with Crippen LogP contribution in [0.3, 0.4) is 0 Å². The zero-order chi connectivity index (χ0) is 17.6. The van der Waals surface area contributed by atoms with Gasteiger partial charge >= 0.3 is 6.03 Å². The number of amides is 2. The normalized spacial score (nSPS) is 11.8. The van der Waals surface area contributed by atoms with E-state index in [0.29, 0.717) is 6.54 Å². The molecule has 1 atom stereocenters. The predicted octanol–water partition coefficient (Wildman–Crippen LogP) is 2.56. The summed E-state index contributed by atoms with van der Waals surface area (Å²) in [5.74, 6) is 0. The van der Waals surface area contributed by atoms with Gasteiger partial charge in [-0.1, -0.05) is 18.2 Å². The van der Waals surface area contributed by atoms with Crippen molar-refractivity contribution in [3.05, 3.63) is 72.6 Å². The zero-order valence-corrected chi connectivity index (χ0v) is 14.2. The van der Waals surface area contributed by atoms with Crippen molar-refractivity contribution in [2.75, 3.05) is 7.05 Å². The molecule has 0 spiro atoms. The molecule has 0 aliphatic rings. The minimum atomic E-state index is -0.128. The van der Waals surface area contributed by atoms with Gasteiger partial charge in [-0.2, -0.15) is 5.10 Å². The van der Waals surface area contributed by atoms with E-state index in [0.717, 1.165) is 16.8 Å². The van der Waals surface area contributed by atoms with Gasteiger partial charge in [0.2, 0.25) is 0 Å². The second-order valence-electron chi connectivity index (χ2n) is 5.74. The third-order valence-corrected chi connectivity index (χ3v) is 4.13. The van der Waals surface area contributed by atoms with E-state index < -0.39 is 0 Å². The van der Waals surface area contributed by atoms with E-state index in [1.165, 1.54) is 6.33 Å². The molecule has 0 aliphatic carbocycles. The smallest absolute Gasteiger partial charge is 0.317 e. The second-order valence-corrected chi connectivity index (χ2v) is 5.74.